The van der Waals surface area contributed by atoms with Crippen molar-refractivity contribution in [1.29, 1.82) is 0 Å². The maximum Gasteiger partial charge on any atom is 0.234 e. The number of anilines is 1. The molecule has 1 aliphatic heterocycles. The summed E-state index contributed by atoms with van der Waals surface area (Å²) in [5.74, 6) is 0.283. The monoisotopic (exact) mass is 387 g/mol. The fraction of sp³-hybridized carbons (Fsp3) is 0.579. The van der Waals surface area contributed by atoms with Crippen LogP contribution in [0.25, 0.3) is 0 Å². The Bertz CT molecular complexity index is 750. The molecule has 0 atom stereocenters. The average Bonchev–Trinajstić information content (AvgIpc) is 3.43. The van der Waals surface area contributed by atoms with Crippen LogP contribution in [0.1, 0.15) is 50.1 Å². The zero-order valence-corrected chi connectivity index (χ0v) is 16.4. The summed E-state index contributed by atoms with van der Waals surface area (Å²) in [5, 5.41) is 15.7. The molecular formula is C19H27N6OS+. The van der Waals surface area contributed by atoms with Gasteiger partial charge in [0.05, 0.1) is 24.9 Å². The van der Waals surface area contributed by atoms with Crippen LogP contribution < -0.4 is 10.2 Å². The fourth-order valence-electron chi connectivity index (χ4n) is 4.03. The van der Waals surface area contributed by atoms with Gasteiger partial charge in [-0.3, -0.25) is 4.79 Å². The highest BCUT2D eigenvalue weighted by molar-refractivity contribution is 7.99. The van der Waals surface area contributed by atoms with Gasteiger partial charge in [0.1, 0.15) is 6.54 Å². The lowest BCUT2D eigenvalue weighted by Crippen LogP contribution is -3.08. The number of thioether (sulfide) groups is 1. The zero-order valence-electron chi connectivity index (χ0n) is 15.6. The van der Waals surface area contributed by atoms with Crippen molar-refractivity contribution in [2.24, 2.45) is 0 Å². The lowest BCUT2D eigenvalue weighted by atomic mass is 10.2. The molecule has 1 amide bonds. The highest BCUT2D eigenvalue weighted by atomic mass is 32.2. The Hall–Kier alpha value is -1.93. The smallest absolute Gasteiger partial charge is 0.234 e. The number of nitrogens with zero attached hydrogens (tertiary/aromatic N) is 4. The molecule has 1 saturated heterocycles. The van der Waals surface area contributed by atoms with Crippen molar-refractivity contribution < 1.29 is 9.69 Å². The van der Waals surface area contributed by atoms with E-state index in [1.165, 1.54) is 56.1 Å². The van der Waals surface area contributed by atoms with E-state index >= 15 is 0 Å². The second kappa shape index (κ2) is 8.84. The number of likely N-dealkylation sites (tertiary alicyclic amines) is 1. The number of carbonyl (C=O) groups is 1. The molecule has 0 radical (unpaired) electrons. The number of hydrogen-bond donors (Lipinski definition) is 2. The van der Waals surface area contributed by atoms with Crippen LogP contribution in [0.3, 0.4) is 0 Å². The molecule has 8 heteroatoms. The second-order valence-electron chi connectivity index (χ2n) is 7.51. The van der Waals surface area contributed by atoms with Gasteiger partial charge in [0.2, 0.25) is 11.1 Å². The maximum absolute atomic E-state index is 12.3. The second-order valence-corrected chi connectivity index (χ2v) is 8.45. The number of hydrogen-bond acceptors (Lipinski definition) is 5. The summed E-state index contributed by atoms with van der Waals surface area (Å²) < 4.78 is 1.89. The minimum atomic E-state index is -0.0288. The first-order chi connectivity index (χ1) is 13.3. The summed E-state index contributed by atoms with van der Waals surface area (Å²) in [5.41, 5.74) is 2.17. The van der Waals surface area contributed by atoms with Gasteiger partial charge in [-0.25, -0.2) is 4.68 Å². The van der Waals surface area contributed by atoms with Gasteiger partial charge in [0, 0.05) is 24.1 Å². The highest BCUT2D eigenvalue weighted by Crippen LogP contribution is 2.31. The van der Waals surface area contributed by atoms with E-state index in [1.54, 1.807) is 4.90 Å². The largest absolute Gasteiger partial charge is 0.331 e. The molecule has 1 saturated carbocycles. The van der Waals surface area contributed by atoms with Gasteiger partial charge in [0.15, 0.2) is 0 Å². The zero-order chi connectivity index (χ0) is 18.5. The lowest BCUT2D eigenvalue weighted by molar-refractivity contribution is -0.901. The summed E-state index contributed by atoms with van der Waals surface area (Å²) in [6.45, 7) is 3.62. The van der Waals surface area contributed by atoms with Crippen LogP contribution in [0.2, 0.25) is 0 Å². The number of tetrazole rings is 1. The first kappa shape index (κ1) is 18.4. The van der Waals surface area contributed by atoms with Gasteiger partial charge in [0.25, 0.3) is 0 Å². The van der Waals surface area contributed by atoms with E-state index < -0.39 is 0 Å². The average molecular weight is 388 g/mol. The molecular weight excluding hydrogens is 360 g/mol. The summed E-state index contributed by atoms with van der Waals surface area (Å²) in [6, 6.07) is 8.62. The van der Waals surface area contributed by atoms with Crippen molar-refractivity contribution in [3.05, 3.63) is 29.8 Å². The van der Waals surface area contributed by atoms with Crippen LogP contribution >= 0.6 is 11.8 Å². The van der Waals surface area contributed by atoms with Crippen molar-refractivity contribution in [3.63, 3.8) is 0 Å². The number of carbonyl (C=O) groups excluding carboxylic acids is 1. The van der Waals surface area contributed by atoms with Crippen LogP contribution in [0, 0.1) is 0 Å². The first-order valence-electron chi connectivity index (χ1n) is 9.91. The molecule has 7 nitrogen and oxygen atoms in total. The minimum Gasteiger partial charge on any atom is -0.331 e. The Morgan fingerprint density at radius 1 is 1.15 bits per heavy atom. The number of amides is 1. The predicted octanol–water partition coefficient (Wildman–Crippen LogP) is 1.70. The van der Waals surface area contributed by atoms with Gasteiger partial charge in [-0.1, -0.05) is 36.7 Å². The van der Waals surface area contributed by atoms with Crippen molar-refractivity contribution >= 4 is 23.4 Å². The number of nitrogens with one attached hydrogen (secondary N) is 2. The van der Waals surface area contributed by atoms with E-state index in [2.05, 4.69) is 33.0 Å². The van der Waals surface area contributed by atoms with Crippen molar-refractivity contribution in [2.45, 2.75) is 56.3 Å². The number of quaternary nitrogens is 1. The third kappa shape index (κ3) is 4.87. The Morgan fingerprint density at radius 2 is 1.89 bits per heavy atom. The third-order valence-electron chi connectivity index (χ3n) is 5.47. The highest BCUT2D eigenvalue weighted by Gasteiger charge is 2.22. The SMILES string of the molecule is O=C(CSc1nnnn1C1CCCC1)Nc1ccc(C[NH+]2CCCC2)cc1. The van der Waals surface area contributed by atoms with E-state index in [9.17, 15) is 4.79 Å². The molecule has 0 spiro atoms. The van der Waals surface area contributed by atoms with Crippen LogP contribution in [0.4, 0.5) is 5.69 Å². The third-order valence-corrected chi connectivity index (χ3v) is 6.40. The van der Waals surface area contributed by atoms with Gasteiger partial charge in [-0.15, -0.1) is 5.10 Å². The first-order valence-corrected chi connectivity index (χ1v) is 10.9. The number of rotatable bonds is 7. The van der Waals surface area contributed by atoms with Gasteiger partial charge < -0.3 is 10.2 Å². The summed E-state index contributed by atoms with van der Waals surface area (Å²) in [6.07, 6.45) is 7.37. The molecule has 2 N–H and O–H groups in total. The lowest BCUT2D eigenvalue weighted by Gasteiger charge is -2.12. The fourth-order valence-corrected chi connectivity index (χ4v) is 4.78. The van der Waals surface area contributed by atoms with Crippen LogP contribution in [-0.2, 0) is 11.3 Å². The van der Waals surface area contributed by atoms with Gasteiger partial charge in [-0.05, 0) is 35.4 Å². The van der Waals surface area contributed by atoms with Crippen molar-refractivity contribution in [1.82, 2.24) is 20.2 Å². The number of aromatic nitrogens is 4. The molecule has 1 aromatic heterocycles. The predicted molar refractivity (Wildman–Crippen MR) is 105 cm³/mol. The van der Waals surface area contributed by atoms with E-state index in [0.717, 1.165) is 30.2 Å². The molecule has 0 unspecified atom stereocenters. The van der Waals surface area contributed by atoms with Crippen molar-refractivity contribution in [2.75, 3.05) is 24.2 Å². The van der Waals surface area contributed by atoms with Gasteiger partial charge >= 0.3 is 0 Å². The normalized spacial score (nSPS) is 18.2. The van der Waals surface area contributed by atoms with E-state index in [-0.39, 0.29) is 5.91 Å². The summed E-state index contributed by atoms with van der Waals surface area (Å²) in [7, 11) is 0. The Balaban J connectivity index is 1.26. The molecule has 2 heterocycles. The molecule has 1 aromatic carbocycles. The summed E-state index contributed by atoms with van der Waals surface area (Å²) >= 11 is 1.40. The molecule has 0 bridgehead atoms. The van der Waals surface area contributed by atoms with Crippen LogP contribution in [0.5, 0.6) is 0 Å². The van der Waals surface area contributed by atoms with Crippen LogP contribution in [0.15, 0.2) is 29.4 Å². The Kier molecular flexibility index (Phi) is 6.03. The van der Waals surface area contributed by atoms with E-state index in [4.69, 9.17) is 0 Å². The van der Waals surface area contributed by atoms with Gasteiger partial charge in [-0.2, -0.15) is 0 Å². The molecule has 1 aliphatic carbocycles. The Morgan fingerprint density at radius 3 is 2.63 bits per heavy atom. The van der Waals surface area contributed by atoms with E-state index in [1.807, 2.05) is 16.8 Å². The molecule has 4 rings (SSSR count). The molecule has 2 fully saturated rings. The molecule has 2 aromatic rings. The van der Waals surface area contributed by atoms with E-state index in [0.29, 0.717) is 11.8 Å². The van der Waals surface area contributed by atoms with Crippen molar-refractivity contribution in [3.8, 4) is 0 Å². The topological polar surface area (TPSA) is 77.1 Å². The summed E-state index contributed by atoms with van der Waals surface area (Å²) in [4.78, 5) is 13.9. The maximum atomic E-state index is 12.3. The van der Waals surface area contributed by atoms with Crippen LogP contribution in [-0.4, -0.2) is 45.0 Å². The number of benzene rings is 1. The quantitative estimate of drug-likeness (QED) is 0.707. The Labute approximate surface area is 163 Å². The standard InChI is InChI=1S/C19H26N6OS/c26-18(14-27-19-21-22-23-25(19)17-5-1-2-6-17)20-16-9-7-15(8-10-16)13-24-11-3-4-12-24/h7-10,17H,1-6,11-14H2,(H,20,26)/p+1. The molecule has 144 valence electrons. The molecule has 27 heavy (non-hydrogen) atoms. The molecule has 2 aliphatic rings. The minimum absolute atomic E-state index is 0.0288.